The maximum absolute atomic E-state index is 6.45. The molecule has 0 radical (unpaired) electrons. The maximum Gasteiger partial charge on any atom is 0.145 e. The third-order valence-electron chi connectivity index (χ3n) is 5.47. The molecule has 2 aromatic carbocycles. The van der Waals surface area contributed by atoms with Crippen molar-refractivity contribution in [2.75, 3.05) is 26.0 Å². The Kier molecular flexibility index (Phi) is 5.77. The first-order valence-corrected chi connectivity index (χ1v) is 11.0. The lowest BCUT2D eigenvalue weighted by Gasteiger charge is -2.21. The number of nitrogens with zero attached hydrogens (tertiary/aromatic N) is 7. The molecule has 0 saturated carbocycles. The molecule has 9 heteroatoms. The van der Waals surface area contributed by atoms with E-state index in [0.717, 1.165) is 50.9 Å². The van der Waals surface area contributed by atoms with Crippen molar-refractivity contribution in [3.8, 4) is 16.9 Å². The molecule has 1 atom stereocenters. The fourth-order valence-electron chi connectivity index (χ4n) is 4.05. The van der Waals surface area contributed by atoms with Gasteiger partial charge in [0, 0.05) is 36.4 Å². The van der Waals surface area contributed by atoms with Crippen LogP contribution in [-0.2, 0) is 7.05 Å². The second-order valence-corrected chi connectivity index (χ2v) is 8.61. The lowest BCUT2D eigenvalue weighted by molar-refractivity contribution is 0.179. The van der Waals surface area contributed by atoms with Gasteiger partial charge in [-0.05, 0) is 63.0 Å². The molecule has 5 rings (SSSR count). The van der Waals surface area contributed by atoms with Gasteiger partial charge < -0.3 is 15.0 Å². The third kappa shape index (κ3) is 4.51. The van der Waals surface area contributed by atoms with Crippen LogP contribution in [0.25, 0.3) is 32.9 Å². The van der Waals surface area contributed by atoms with E-state index in [4.69, 9.17) is 4.74 Å². The van der Waals surface area contributed by atoms with Crippen molar-refractivity contribution in [3.63, 3.8) is 0 Å². The summed E-state index contributed by atoms with van der Waals surface area (Å²) in [5.74, 6) is 1.40. The summed E-state index contributed by atoms with van der Waals surface area (Å²) in [5, 5.41) is 17.7. The Labute approximate surface area is 197 Å². The zero-order valence-electron chi connectivity index (χ0n) is 19.6. The summed E-state index contributed by atoms with van der Waals surface area (Å²) in [6.07, 6.45) is 7.04. The van der Waals surface area contributed by atoms with Crippen LogP contribution in [0.5, 0.6) is 5.75 Å². The molecule has 3 aromatic heterocycles. The van der Waals surface area contributed by atoms with Crippen LogP contribution < -0.4 is 10.1 Å². The molecular formula is C25H26N8O. The molecule has 0 fully saturated rings. The normalized spacial score (nSPS) is 12.4. The van der Waals surface area contributed by atoms with Gasteiger partial charge >= 0.3 is 0 Å². The Morgan fingerprint density at radius 1 is 1.06 bits per heavy atom. The molecule has 0 unspecified atom stereocenters. The van der Waals surface area contributed by atoms with Crippen LogP contribution in [0, 0.1) is 0 Å². The van der Waals surface area contributed by atoms with Crippen LogP contribution >= 0.6 is 0 Å². The highest BCUT2D eigenvalue weighted by Crippen LogP contribution is 2.37. The quantitative estimate of drug-likeness (QED) is 0.394. The highest BCUT2D eigenvalue weighted by atomic mass is 16.5. The number of hydrogen-bond donors (Lipinski definition) is 1. The van der Waals surface area contributed by atoms with Crippen molar-refractivity contribution in [1.82, 2.24) is 34.8 Å². The van der Waals surface area contributed by atoms with E-state index in [-0.39, 0.29) is 6.10 Å². The number of fused-ring (bicyclic) bond motifs is 2. The maximum atomic E-state index is 6.45. The van der Waals surface area contributed by atoms with Crippen LogP contribution in [0.1, 0.15) is 6.92 Å². The molecule has 0 amide bonds. The summed E-state index contributed by atoms with van der Waals surface area (Å²) >= 11 is 0. The molecule has 5 aromatic rings. The second-order valence-electron chi connectivity index (χ2n) is 8.61. The molecule has 0 aliphatic heterocycles. The number of aromatic nitrogens is 6. The van der Waals surface area contributed by atoms with Crippen LogP contribution in [0.3, 0.4) is 0 Å². The molecule has 0 spiro atoms. The predicted octanol–water partition coefficient (Wildman–Crippen LogP) is 4.05. The number of likely N-dealkylation sites (N-methyl/N-ethyl adjacent to an activating group) is 1. The van der Waals surface area contributed by atoms with Gasteiger partial charge in [-0.3, -0.25) is 4.68 Å². The molecule has 0 aliphatic rings. The van der Waals surface area contributed by atoms with E-state index in [2.05, 4.69) is 42.4 Å². The van der Waals surface area contributed by atoms with E-state index < -0.39 is 0 Å². The number of ether oxygens (including phenoxy) is 1. The van der Waals surface area contributed by atoms with E-state index in [1.165, 1.54) is 0 Å². The van der Waals surface area contributed by atoms with Gasteiger partial charge in [0.15, 0.2) is 0 Å². The number of hydrogen-bond acceptors (Lipinski definition) is 8. The molecule has 3 heterocycles. The van der Waals surface area contributed by atoms with Gasteiger partial charge in [0.05, 0.1) is 28.8 Å². The average Bonchev–Trinajstić information content (AvgIpc) is 3.24. The topological polar surface area (TPSA) is 93.9 Å². The second kappa shape index (κ2) is 9.03. The number of aryl methyl sites for hydroxylation is 1. The minimum absolute atomic E-state index is 0.0327. The Hall–Kier alpha value is -4.11. The summed E-state index contributed by atoms with van der Waals surface area (Å²) in [6, 6.07) is 11.9. The third-order valence-corrected chi connectivity index (χ3v) is 5.47. The fraction of sp³-hybridized carbons (Fsp3) is 0.240. The van der Waals surface area contributed by atoms with Gasteiger partial charge in [-0.25, -0.2) is 9.97 Å². The largest absolute Gasteiger partial charge is 0.489 e. The molecule has 0 bridgehead atoms. The SMILES string of the molecule is C[C@H](CN(C)C)Oc1cc(-c2cnn(C)c2)cc2ncnc(Nc3ccc4nnccc4c3)c12. The number of rotatable bonds is 7. The molecular weight excluding hydrogens is 428 g/mol. The number of nitrogens with one attached hydrogen (secondary N) is 1. The first kappa shape index (κ1) is 21.7. The van der Waals surface area contributed by atoms with Crippen LogP contribution in [0.2, 0.25) is 0 Å². The van der Waals surface area contributed by atoms with Gasteiger partial charge in [0.1, 0.15) is 24.0 Å². The van der Waals surface area contributed by atoms with Gasteiger partial charge in [-0.2, -0.15) is 15.3 Å². The summed E-state index contributed by atoms with van der Waals surface area (Å²) in [6.45, 7) is 2.84. The summed E-state index contributed by atoms with van der Waals surface area (Å²) in [5.41, 5.74) is 4.50. The first-order chi connectivity index (χ1) is 16.5. The van der Waals surface area contributed by atoms with Crippen molar-refractivity contribution in [2.45, 2.75) is 13.0 Å². The lowest BCUT2D eigenvalue weighted by atomic mass is 10.1. The van der Waals surface area contributed by atoms with Crippen molar-refractivity contribution in [2.24, 2.45) is 7.05 Å². The monoisotopic (exact) mass is 454 g/mol. The van der Waals surface area contributed by atoms with Crippen molar-refractivity contribution >= 4 is 33.3 Å². The molecule has 9 nitrogen and oxygen atoms in total. The summed E-state index contributed by atoms with van der Waals surface area (Å²) in [7, 11) is 5.97. The minimum Gasteiger partial charge on any atom is -0.489 e. The van der Waals surface area contributed by atoms with Crippen LogP contribution in [0.15, 0.2) is 61.3 Å². The van der Waals surface area contributed by atoms with E-state index in [1.807, 2.05) is 69.9 Å². The first-order valence-electron chi connectivity index (χ1n) is 11.0. The minimum atomic E-state index is -0.0327. The summed E-state index contributed by atoms with van der Waals surface area (Å²) in [4.78, 5) is 11.2. The zero-order valence-corrected chi connectivity index (χ0v) is 19.6. The highest BCUT2D eigenvalue weighted by Gasteiger charge is 2.17. The van der Waals surface area contributed by atoms with E-state index >= 15 is 0 Å². The Morgan fingerprint density at radius 2 is 1.94 bits per heavy atom. The zero-order chi connectivity index (χ0) is 23.7. The van der Waals surface area contributed by atoms with E-state index in [0.29, 0.717) is 5.82 Å². The molecule has 0 saturated heterocycles. The molecule has 34 heavy (non-hydrogen) atoms. The van der Waals surface area contributed by atoms with Crippen LogP contribution in [0.4, 0.5) is 11.5 Å². The summed E-state index contributed by atoms with van der Waals surface area (Å²) < 4.78 is 8.23. The molecule has 172 valence electrons. The van der Waals surface area contributed by atoms with Gasteiger partial charge in [0.25, 0.3) is 0 Å². The van der Waals surface area contributed by atoms with Gasteiger partial charge in [-0.1, -0.05) is 0 Å². The standard InChI is InChI=1S/C25H26N8O/c1-16(13-32(2)3)34-23-11-18(19-12-29-33(4)14-19)10-22-24(23)25(27-15-26-22)30-20-5-6-21-17(9-20)7-8-28-31-21/h5-12,14-16H,13H2,1-4H3,(H,26,27,30)/t16-/m1/s1. The average molecular weight is 455 g/mol. The highest BCUT2D eigenvalue weighted by molar-refractivity contribution is 5.99. The van der Waals surface area contributed by atoms with Crippen LogP contribution in [-0.4, -0.2) is 61.6 Å². The number of benzene rings is 2. The Morgan fingerprint density at radius 3 is 2.74 bits per heavy atom. The molecule has 1 N–H and O–H groups in total. The van der Waals surface area contributed by atoms with Crippen molar-refractivity contribution < 1.29 is 4.74 Å². The Balaban J connectivity index is 1.61. The predicted molar refractivity (Wildman–Crippen MR) is 133 cm³/mol. The number of anilines is 2. The van der Waals surface area contributed by atoms with Gasteiger partial charge in [0.2, 0.25) is 0 Å². The smallest absolute Gasteiger partial charge is 0.145 e. The van der Waals surface area contributed by atoms with Crippen molar-refractivity contribution in [1.29, 1.82) is 0 Å². The fourth-order valence-corrected chi connectivity index (χ4v) is 4.05. The lowest BCUT2D eigenvalue weighted by Crippen LogP contribution is -2.28. The van der Waals surface area contributed by atoms with Crippen molar-refractivity contribution in [3.05, 3.63) is 61.3 Å². The van der Waals surface area contributed by atoms with E-state index in [1.54, 1.807) is 17.2 Å². The Bertz CT molecular complexity index is 1460. The molecule has 0 aliphatic carbocycles. The van der Waals surface area contributed by atoms with Gasteiger partial charge in [-0.15, -0.1) is 0 Å². The van der Waals surface area contributed by atoms with E-state index in [9.17, 15) is 0 Å².